The number of unbranched alkanes of at least 4 members (excludes halogenated alkanes) is 1. The summed E-state index contributed by atoms with van der Waals surface area (Å²) >= 11 is 0. The second kappa shape index (κ2) is 9.02. The van der Waals surface area contributed by atoms with Crippen LogP contribution in [0.25, 0.3) is 0 Å². The summed E-state index contributed by atoms with van der Waals surface area (Å²) in [4.78, 5) is 4.77. The van der Waals surface area contributed by atoms with E-state index in [1.807, 2.05) is 18.5 Å². The van der Waals surface area contributed by atoms with Gasteiger partial charge in [-0.1, -0.05) is 50.1 Å². The Labute approximate surface area is 162 Å². The number of hydrogen-bond donors (Lipinski definition) is 2. The standard InChI is InChI=1S/C21H32N6/c1-4-5-14-22-20(23-15-19-26-25-17(2)27(19)3)24-16-21(12-9-13-21)18-10-7-6-8-11-18/h6-8,10-11H,4-5,9,12-16H2,1-3H3,(H2,22,23,24). The number of aromatic nitrogens is 3. The molecule has 1 aromatic heterocycles. The maximum atomic E-state index is 4.77. The van der Waals surface area contributed by atoms with Crippen LogP contribution < -0.4 is 10.6 Å². The van der Waals surface area contributed by atoms with Crippen LogP contribution in [0.2, 0.25) is 0 Å². The Morgan fingerprint density at radius 3 is 2.56 bits per heavy atom. The summed E-state index contributed by atoms with van der Waals surface area (Å²) in [7, 11) is 1.98. The lowest BCUT2D eigenvalue weighted by molar-refractivity contribution is 0.244. The fourth-order valence-electron chi connectivity index (χ4n) is 3.51. The number of nitrogens with zero attached hydrogens (tertiary/aromatic N) is 4. The first-order valence-electron chi connectivity index (χ1n) is 10.1. The number of aliphatic imine (C=N–C) groups is 1. The van der Waals surface area contributed by atoms with Crippen molar-refractivity contribution in [2.24, 2.45) is 12.0 Å². The molecule has 0 amide bonds. The molecule has 2 aromatic rings. The molecule has 0 unspecified atom stereocenters. The Kier molecular flexibility index (Phi) is 6.48. The van der Waals surface area contributed by atoms with Crippen molar-refractivity contribution in [2.75, 3.05) is 13.1 Å². The van der Waals surface area contributed by atoms with E-state index in [2.05, 4.69) is 58.1 Å². The van der Waals surface area contributed by atoms with Gasteiger partial charge in [-0.25, -0.2) is 4.99 Å². The van der Waals surface area contributed by atoms with E-state index in [0.29, 0.717) is 6.54 Å². The molecular weight excluding hydrogens is 336 g/mol. The zero-order valence-corrected chi connectivity index (χ0v) is 16.8. The molecule has 0 saturated heterocycles. The molecule has 2 N–H and O–H groups in total. The highest BCUT2D eigenvalue weighted by Crippen LogP contribution is 2.43. The first kappa shape index (κ1) is 19.4. The molecule has 27 heavy (non-hydrogen) atoms. The van der Waals surface area contributed by atoms with Crippen molar-refractivity contribution in [2.45, 2.75) is 57.9 Å². The molecule has 146 valence electrons. The number of guanidine groups is 1. The smallest absolute Gasteiger partial charge is 0.191 e. The molecule has 6 nitrogen and oxygen atoms in total. The quantitative estimate of drug-likeness (QED) is 0.427. The number of rotatable bonds is 8. The Bertz CT molecular complexity index is 745. The van der Waals surface area contributed by atoms with Gasteiger partial charge in [0.2, 0.25) is 0 Å². The van der Waals surface area contributed by atoms with Gasteiger partial charge in [-0.05, 0) is 31.7 Å². The molecule has 0 bridgehead atoms. The molecule has 6 heteroatoms. The van der Waals surface area contributed by atoms with Crippen molar-refractivity contribution in [3.63, 3.8) is 0 Å². The van der Waals surface area contributed by atoms with Gasteiger partial charge in [0, 0.05) is 25.6 Å². The second-order valence-electron chi connectivity index (χ2n) is 7.52. The highest BCUT2D eigenvalue weighted by molar-refractivity contribution is 5.79. The number of hydrogen-bond acceptors (Lipinski definition) is 3. The third-order valence-corrected chi connectivity index (χ3v) is 5.68. The highest BCUT2D eigenvalue weighted by Gasteiger charge is 2.38. The fraction of sp³-hybridized carbons (Fsp3) is 0.571. The van der Waals surface area contributed by atoms with Gasteiger partial charge in [0.05, 0.1) is 0 Å². The van der Waals surface area contributed by atoms with E-state index in [-0.39, 0.29) is 5.41 Å². The van der Waals surface area contributed by atoms with Crippen molar-refractivity contribution >= 4 is 5.96 Å². The van der Waals surface area contributed by atoms with Crippen molar-refractivity contribution in [3.05, 3.63) is 47.5 Å². The third-order valence-electron chi connectivity index (χ3n) is 5.68. The summed E-state index contributed by atoms with van der Waals surface area (Å²) < 4.78 is 1.99. The van der Waals surface area contributed by atoms with Crippen molar-refractivity contribution in [3.8, 4) is 0 Å². The van der Waals surface area contributed by atoms with Crippen LogP contribution in [0.4, 0.5) is 0 Å². The Morgan fingerprint density at radius 1 is 1.19 bits per heavy atom. The van der Waals surface area contributed by atoms with Gasteiger partial charge in [-0.2, -0.15) is 0 Å². The van der Waals surface area contributed by atoms with E-state index < -0.39 is 0 Å². The molecular formula is C21H32N6. The van der Waals surface area contributed by atoms with Gasteiger partial charge in [-0.15, -0.1) is 10.2 Å². The van der Waals surface area contributed by atoms with Crippen LogP contribution in [-0.2, 0) is 19.0 Å². The lowest BCUT2D eigenvalue weighted by Crippen LogP contribution is -2.49. The summed E-state index contributed by atoms with van der Waals surface area (Å²) in [5.74, 6) is 2.66. The molecule has 1 aliphatic carbocycles. The zero-order chi connectivity index (χ0) is 19.1. The van der Waals surface area contributed by atoms with Crippen LogP contribution in [0, 0.1) is 6.92 Å². The van der Waals surface area contributed by atoms with Crippen LogP contribution in [-0.4, -0.2) is 33.8 Å². The Balaban J connectivity index is 1.67. The molecule has 1 saturated carbocycles. The third kappa shape index (κ3) is 4.67. The molecule has 0 atom stereocenters. The molecule has 1 aromatic carbocycles. The molecule has 1 aliphatic rings. The predicted octanol–water partition coefficient (Wildman–Crippen LogP) is 3.08. The minimum absolute atomic E-state index is 0.232. The second-order valence-corrected chi connectivity index (χ2v) is 7.52. The van der Waals surface area contributed by atoms with E-state index in [4.69, 9.17) is 4.99 Å². The van der Waals surface area contributed by atoms with Gasteiger partial charge in [0.1, 0.15) is 12.4 Å². The van der Waals surface area contributed by atoms with E-state index in [0.717, 1.165) is 43.5 Å². The molecule has 0 spiro atoms. The molecule has 3 rings (SSSR count). The topological polar surface area (TPSA) is 67.1 Å². The number of nitrogens with one attached hydrogen (secondary N) is 2. The number of aryl methyl sites for hydroxylation is 1. The molecule has 0 aliphatic heterocycles. The summed E-state index contributed by atoms with van der Waals surface area (Å²) in [5.41, 5.74) is 1.66. The summed E-state index contributed by atoms with van der Waals surface area (Å²) in [6.07, 6.45) is 6.05. The SMILES string of the molecule is CCCCNC(=NCc1nnc(C)n1C)NCC1(c2ccccc2)CCC1. The van der Waals surface area contributed by atoms with E-state index in [1.54, 1.807) is 0 Å². The number of benzene rings is 1. The molecule has 0 radical (unpaired) electrons. The van der Waals surface area contributed by atoms with Crippen LogP contribution >= 0.6 is 0 Å². The minimum Gasteiger partial charge on any atom is -0.356 e. The van der Waals surface area contributed by atoms with Gasteiger partial charge >= 0.3 is 0 Å². The van der Waals surface area contributed by atoms with Crippen molar-refractivity contribution < 1.29 is 0 Å². The fourth-order valence-corrected chi connectivity index (χ4v) is 3.51. The highest BCUT2D eigenvalue weighted by atomic mass is 15.3. The molecule has 1 fully saturated rings. The van der Waals surface area contributed by atoms with Crippen molar-refractivity contribution in [1.82, 2.24) is 25.4 Å². The lowest BCUT2D eigenvalue weighted by atomic mass is 9.64. The van der Waals surface area contributed by atoms with E-state index in [9.17, 15) is 0 Å². The van der Waals surface area contributed by atoms with Gasteiger partial charge in [0.15, 0.2) is 11.8 Å². The lowest BCUT2D eigenvalue weighted by Gasteiger charge is -2.43. The monoisotopic (exact) mass is 368 g/mol. The van der Waals surface area contributed by atoms with Crippen LogP contribution in [0.15, 0.2) is 35.3 Å². The molecule has 1 heterocycles. The summed E-state index contributed by atoms with van der Waals surface area (Å²) in [6, 6.07) is 10.9. The van der Waals surface area contributed by atoms with Crippen molar-refractivity contribution in [1.29, 1.82) is 0 Å². The van der Waals surface area contributed by atoms with Crippen LogP contribution in [0.3, 0.4) is 0 Å². The summed E-state index contributed by atoms with van der Waals surface area (Å²) in [6.45, 7) is 6.52. The van der Waals surface area contributed by atoms with Gasteiger partial charge < -0.3 is 15.2 Å². The van der Waals surface area contributed by atoms with E-state index in [1.165, 1.54) is 24.8 Å². The first-order chi connectivity index (χ1) is 13.1. The minimum atomic E-state index is 0.232. The van der Waals surface area contributed by atoms with Gasteiger partial charge in [0.25, 0.3) is 0 Å². The Hall–Kier alpha value is -2.37. The average Bonchev–Trinajstić information content (AvgIpc) is 2.97. The van der Waals surface area contributed by atoms with Gasteiger partial charge in [-0.3, -0.25) is 0 Å². The largest absolute Gasteiger partial charge is 0.356 e. The van der Waals surface area contributed by atoms with E-state index >= 15 is 0 Å². The summed E-state index contributed by atoms with van der Waals surface area (Å²) in [5, 5.41) is 15.4. The maximum Gasteiger partial charge on any atom is 0.191 e. The zero-order valence-electron chi connectivity index (χ0n) is 16.8. The Morgan fingerprint density at radius 2 is 1.96 bits per heavy atom. The predicted molar refractivity (Wildman–Crippen MR) is 110 cm³/mol. The van der Waals surface area contributed by atoms with Crippen LogP contribution in [0.5, 0.6) is 0 Å². The first-order valence-corrected chi connectivity index (χ1v) is 10.1. The maximum absolute atomic E-state index is 4.77. The van der Waals surface area contributed by atoms with Crippen LogP contribution in [0.1, 0.15) is 56.2 Å². The average molecular weight is 369 g/mol. The normalized spacial score (nSPS) is 16.0.